The number of nitrogens with one attached hydrogen (secondary N) is 2. The summed E-state index contributed by atoms with van der Waals surface area (Å²) < 4.78 is 0. The molecule has 0 aromatic heterocycles. The molecule has 0 atom stereocenters. The quantitative estimate of drug-likeness (QED) is 0.317. The fourth-order valence-corrected chi connectivity index (χ4v) is 1.23. The Hall–Kier alpha value is -2.48. The number of nitriles is 1. The lowest BCUT2D eigenvalue weighted by Crippen LogP contribution is -2.17. The molecule has 0 heterocycles. The van der Waals surface area contributed by atoms with Gasteiger partial charge in [0.1, 0.15) is 11.6 Å². The Morgan fingerprint density at radius 3 is 2.67 bits per heavy atom. The second-order valence-corrected chi connectivity index (χ2v) is 3.70. The molecule has 1 amide bonds. The number of benzene rings is 1. The number of hydrogen-bond donors (Lipinski definition) is 3. The molecule has 18 heavy (non-hydrogen) atoms. The summed E-state index contributed by atoms with van der Waals surface area (Å²) in [5.41, 5.74) is 6.80. The van der Waals surface area contributed by atoms with Gasteiger partial charge < -0.3 is 16.4 Å². The molecule has 0 aliphatic rings. The minimum absolute atomic E-state index is 0.0419. The highest BCUT2D eigenvalue weighted by Crippen LogP contribution is 2.11. The maximum Gasteiger partial charge on any atom is 0.267 e. The van der Waals surface area contributed by atoms with Crippen LogP contribution in [0.1, 0.15) is 13.3 Å². The van der Waals surface area contributed by atoms with Crippen molar-refractivity contribution in [3.63, 3.8) is 0 Å². The van der Waals surface area contributed by atoms with Crippen LogP contribution in [0.5, 0.6) is 0 Å². The molecule has 0 aliphatic carbocycles. The van der Waals surface area contributed by atoms with Gasteiger partial charge in [-0.1, -0.05) is 6.92 Å². The molecule has 0 radical (unpaired) electrons. The number of hydrogen-bond acceptors (Lipinski definition) is 4. The van der Waals surface area contributed by atoms with Crippen molar-refractivity contribution in [2.45, 2.75) is 13.3 Å². The lowest BCUT2D eigenvalue weighted by atomic mass is 10.2. The van der Waals surface area contributed by atoms with Crippen molar-refractivity contribution >= 4 is 17.3 Å². The van der Waals surface area contributed by atoms with Gasteiger partial charge >= 0.3 is 0 Å². The summed E-state index contributed by atoms with van der Waals surface area (Å²) in [4.78, 5) is 11.7. The zero-order chi connectivity index (χ0) is 13.4. The van der Waals surface area contributed by atoms with Crippen LogP contribution in [-0.4, -0.2) is 12.5 Å². The number of amides is 1. The van der Waals surface area contributed by atoms with Crippen molar-refractivity contribution in [1.29, 1.82) is 5.26 Å². The minimum Gasteiger partial charge on any atom is -0.399 e. The number of nitrogens with two attached hydrogens (primary N) is 1. The molecule has 0 saturated carbocycles. The van der Waals surface area contributed by atoms with E-state index in [-0.39, 0.29) is 5.57 Å². The van der Waals surface area contributed by atoms with Crippen LogP contribution in [0.3, 0.4) is 0 Å². The standard InChI is InChI=1S/C13H16N4O/c1-2-7-16-9-10(8-14)13(18)17-12-5-3-11(15)4-6-12/h3-6,9,16H,2,7,15H2,1H3,(H,17,18)/b10-9-. The fourth-order valence-electron chi connectivity index (χ4n) is 1.23. The van der Waals surface area contributed by atoms with E-state index in [0.29, 0.717) is 11.4 Å². The lowest BCUT2D eigenvalue weighted by Gasteiger charge is -2.05. The molecule has 0 unspecified atom stereocenters. The zero-order valence-corrected chi connectivity index (χ0v) is 10.2. The van der Waals surface area contributed by atoms with Crippen molar-refractivity contribution in [1.82, 2.24) is 5.32 Å². The summed E-state index contributed by atoms with van der Waals surface area (Å²) >= 11 is 0. The molecular formula is C13H16N4O. The highest BCUT2D eigenvalue weighted by Gasteiger charge is 2.08. The lowest BCUT2D eigenvalue weighted by molar-refractivity contribution is -0.112. The molecule has 4 N–H and O–H groups in total. The van der Waals surface area contributed by atoms with Crippen molar-refractivity contribution < 1.29 is 4.79 Å². The first-order chi connectivity index (χ1) is 8.67. The molecule has 1 rings (SSSR count). The first kappa shape index (κ1) is 13.6. The van der Waals surface area contributed by atoms with E-state index in [1.165, 1.54) is 6.20 Å². The van der Waals surface area contributed by atoms with E-state index in [1.807, 2.05) is 13.0 Å². The van der Waals surface area contributed by atoms with Crippen LogP contribution in [0.15, 0.2) is 36.0 Å². The Bertz CT molecular complexity index is 471. The number of rotatable bonds is 5. The van der Waals surface area contributed by atoms with Crippen LogP contribution in [0.2, 0.25) is 0 Å². The molecule has 1 aromatic carbocycles. The smallest absolute Gasteiger partial charge is 0.267 e. The summed E-state index contributed by atoms with van der Waals surface area (Å²) in [5, 5.41) is 14.4. The number of nitrogen functional groups attached to an aromatic ring is 1. The van der Waals surface area contributed by atoms with Crippen LogP contribution in [0.4, 0.5) is 11.4 Å². The topological polar surface area (TPSA) is 90.9 Å². The van der Waals surface area contributed by atoms with Crippen LogP contribution < -0.4 is 16.4 Å². The first-order valence-electron chi connectivity index (χ1n) is 5.68. The van der Waals surface area contributed by atoms with E-state index in [4.69, 9.17) is 11.0 Å². The van der Waals surface area contributed by atoms with Crippen molar-refractivity contribution in [2.24, 2.45) is 0 Å². The van der Waals surface area contributed by atoms with Gasteiger partial charge in [0.15, 0.2) is 0 Å². The van der Waals surface area contributed by atoms with E-state index in [0.717, 1.165) is 13.0 Å². The molecule has 0 spiro atoms. The highest BCUT2D eigenvalue weighted by atomic mass is 16.1. The predicted octanol–water partition coefficient (Wildman–Crippen LogP) is 1.61. The summed E-state index contributed by atoms with van der Waals surface area (Å²) in [6.45, 7) is 2.72. The van der Waals surface area contributed by atoms with Gasteiger partial charge in [-0.05, 0) is 30.7 Å². The minimum atomic E-state index is -0.439. The molecule has 0 fully saturated rings. The van der Waals surface area contributed by atoms with E-state index >= 15 is 0 Å². The van der Waals surface area contributed by atoms with Gasteiger partial charge in [0.2, 0.25) is 0 Å². The van der Waals surface area contributed by atoms with E-state index in [1.54, 1.807) is 24.3 Å². The highest BCUT2D eigenvalue weighted by molar-refractivity contribution is 6.06. The fraction of sp³-hybridized carbons (Fsp3) is 0.231. The Morgan fingerprint density at radius 1 is 1.44 bits per heavy atom. The number of nitrogens with zero attached hydrogens (tertiary/aromatic N) is 1. The molecule has 0 bridgehead atoms. The Kier molecular flexibility index (Phi) is 5.26. The molecule has 1 aromatic rings. The van der Waals surface area contributed by atoms with E-state index in [2.05, 4.69) is 10.6 Å². The molecule has 94 valence electrons. The third kappa shape index (κ3) is 4.18. The van der Waals surface area contributed by atoms with Gasteiger partial charge in [0, 0.05) is 24.1 Å². The SMILES string of the molecule is CCCN/C=C(/C#N)C(=O)Nc1ccc(N)cc1. The molecule has 0 aliphatic heterocycles. The van der Waals surface area contributed by atoms with Crippen LogP contribution in [0, 0.1) is 11.3 Å². The summed E-state index contributed by atoms with van der Waals surface area (Å²) in [6.07, 6.45) is 2.35. The Morgan fingerprint density at radius 2 is 2.11 bits per heavy atom. The average Bonchev–Trinajstić information content (AvgIpc) is 2.37. The van der Waals surface area contributed by atoms with Crippen molar-refractivity contribution in [2.75, 3.05) is 17.6 Å². The van der Waals surface area contributed by atoms with Gasteiger partial charge in [-0.15, -0.1) is 0 Å². The van der Waals surface area contributed by atoms with Gasteiger partial charge in [-0.2, -0.15) is 5.26 Å². The Labute approximate surface area is 106 Å². The van der Waals surface area contributed by atoms with E-state index in [9.17, 15) is 4.79 Å². The Balaban J connectivity index is 2.66. The number of carbonyl (C=O) groups is 1. The van der Waals surface area contributed by atoms with Crippen molar-refractivity contribution in [3.05, 3.63) is 36.0 Å². The van der Waals surface area contributed by atoms with Crippen LogP contribution >= 0.6 is 0 Å². The normalized spacial score (nSPS) is 10.6. The summed E-state index contributed by atoms with van der Waals surface area (Å²) in [7, 11) is 0. The second-order valence-electron chi connectivity index (χ2n) is 3.70. The molecular weight excluding hydrogens is 228 g/mol. The largest absolute Gasteiger partial charge is 0.399 e. The molecule has 5 heteroatoms. The third-order valence-corrected chi connectivity index (χ3v) is 2.17. The van der Waals surface area contributed by atoms with Gasteiger partial charge in [0.05, 0.1) is 0 Å². The monoisotopic (exact) mass is 244 g/mol. The maximum absolute atomic E-state index is 11.7. The van der Waals surface area contributed by atoms with Crippen LogP contribution in [0.25, 0.3) is 0 Å². The number of carbonyl (C=O) groups excluding carboxylic acids is 1. The van der Waals surface area contributed by atoms with E-state index < -0.39 is 5.91 Å². The van der Waals surface area contributed by atoms with Crippen LogP contribution in [-0.2, 0) is 4.79 Å². The summed E-state index contributed by atoms with van der Waals surface area (Å²) in [6, 6.07) is 8.58. The first-order valence-corrected chi connectivity index (χ1v) is 5.68. The van der Waals surface area contributed by atoms with Gasteiger partial charge in [0.25, 0.3) is 5.91 Å². The summed E-state index contributed by atoms with van der Waals surface area (Å²) in [5.74, 6) is -0.439. The molecule has 5 nitrogen and oxygen atoms in total. The van der Waals surface area contributed by atoms with Gasteiger partial charge in [-0.3, -0.25) is 4.79 Å². The average molecular weight is 244 g/mol. The van der Waals surface area contributed by atoms with Crippen molar-refractivity contribution in [3.8, 4) is 6.07 Å². The van der Waals surface area contributed by atoms with Gasteiger partial charge in [-0.25, -0.2) is 0 Å². The second kappa shape index (κ2) is 6.97. The third-order valence-electron chi connectivity index (χ3n) is 2.17. The maximum atomic E-state index is 11.7. The molecule has 0 saturated heterocycles. The zero-order valence-electron chi connectivity index (χ0n) is 10.2. The predicted molar refractivity (Wildman–Crippen MR) is 71.5 cm³/mol. The number of anilines is 2.